The van der Waals surface area contributed by atoms with Crippen LogP contribution in [0.3, 0.4) is 0 Å². The number of carbonyl (C=O) groups excluding carboxylic acids is 1. The van der Waals surface area contributed by atoms with Crippen LogP contribution in [0, 0.1) is 12.8 Å². The van der Waals surface area contributed by atoms with Gasteiger partial charge in [0.15, 0.2) is 0 Å². The molecule has 3 nitrogen and oxygen atoms in total. The third-order valence-electron chi connectivity index (χ3n) is 5.63. The van der Waals surface area contributed by atoms with Gasteiger partial charge in [0.2, 0.25) is 0 Å². The summed E-state index contributed by atoms with van der Waals surface area (Å²) in [5.74, 6) is -0.961. The van der Waals surface area contributed by atoms with E-state index in [0.717, 1.165) is 31.5 Å². The van der Waals surface area contributed by atoms with Crippen LogP contribution < -0.4 is 5.32 Å². The minimum atomic E-state index is -4.15. The summed E-state index contributed by atoms with van der Waals surface area (Å²) in [7, 11) is 0. The molecule has 2 aliphatic heterocycles. The largest absolute Gasteiger partial charge is 0.391 e. The summed E-state index contributed by atoms with van der Waals surface area (Å²) in [5.41, 5.74) is 2.83. The van der Waals surface area contributed by atoms with Crippen LogP contribution in [0.15, 0.2) is 18.2 Å². The average molecular weight is 354 g/mol. The van der Waals surface area contributed by atoms with Crippen LogP contribution in [0.25, 0.3) is 0 Å². The van der Waals surface area contributed by atoms with Gasteiger partial charge in [-0.15, -0.1) is 0 Å². The van der Waals surface area contributed by atoms with Gasteiger partial charge in [-0.25, -0.2) is 0 Å². The molecule has 1 amide bonds. The highest BCUT2D eigenvalue weighted by atomic mass is 19.4. The predicted molar refractivity (Wildman–Crippen MR) is 90.7 cm³/mol. The third-order valence-corrected chi connectivity index (χ3v) is 5.63. The van der Waals surface area contributed by atoms with E-state index in [0.29, 0.717) is 11.5 Å². The molecule has 0 radical (unpaired) electrons. The van der Waals surface area contributed by atoms with Gasteiger partial charge in [0.05, 0.1) is 5.92 Å². The number of hydrogen-bond acceptors (Lipinski definition) is 2. The number of alkyl halides is 3. The lowest BCUT2D eigenvalue weighted by Crippen LogP contribution is -2.42. The quantitative estimate of drug-likeness (QED) is 0.874. The number of carbonyl (C=O) groups is 1. The standard InChI is InChI=1S/C19H25F3N2O/c1-13-16(14-5-9-23-10-6-14)3-2-4-17(13)18(25)24-11-7-15(8-12-24)19(20,21)22/h2-4,14-15,23H,5-12H2,1H3. The Balaban J connectivity index is 1.72. The maximum Gasteiger partial charge on any atom is 0.391 e. The van der Waals surface area contributed by atoms with Crippen LogP contribution in [-0.4, -0.2) is 43.2 Å². The van der Waals surface area contributed by atoms with Crippen molar-refractivity contribution in [2.75, 3.05) is 26.2 Å². The number of nitrogens with one attached hydrogen (secondary N) is 1. The molecular weight excluding hydrogens is 329 g/mol. The Labute approximate surface area is 146 Å². The summed E-state index contributed by atoms with van der Waals surface area (Å²) in [6.45, 7) is 4.29. The number of likely N-dealkylation sites (tertiary alicyclic amines) is 1. The number of rotatable bonds is 2. The van der Waals surface area contributed by atoms with Crippen molar-refractivity contribution >= 4 is 5.91 Å². The highest BCUT2D eigenvalue weighted by molar-refractivity contribution is 5.96. The smallest absolute Gasteiger partial charge is 0.339 e. The molecular formula is C19H25F3N2O. The first-order chi connectivity index (χ1) is 11.9. The van der Waals surface area contributed by atoms with Gasteiger partial charge < -0.3 is 10.2 Å². The van der Waals surface area contributed by atoms with Gasteiger partial charge in [-0.3, -0.25) is 4.79 Å². The van der Waals surface area contributed by atoms with Crippen LogP contribution in [-0.2, 0) is 0 Å². The summed E-state index contributed by atoms with van der Waals surface area (Å²) in [4.78, 5) is 14.4. The van der Waals surface area contributed by atoms with Crippen LogP contribution in [0.4, 0.5) is 13.2 Å². The molecule has 1 N–H and O–H groups in total. The van der Waals surface area contributed by atoms with E-state index < -0.39 is 12.1 Å². The van der Waals surface area contributed by atoms with E-state index in [4.69, 9.17) is 0 Å². The maximum atomic E-state index is 12.8. The monoisotopic (exact) mass is 354 g/mol. The van der Waals surface area contributed by atoms with Crippen molar-refractivity contribution in [2.45, 2.75) is 44.7 Å². The summed E-state index contributed by atoms with van der Waals surface area (Å²) in [5, 5.41) is 3.34. The van der Waals surface area contributed by atoms with Crippen molar-refractivity contribution in [3.63, 3.8) is 0 Å². The molecule has 1 aromatic carbocycles. The van der Waals surface area contributed by atoms with Gasteiger partial charge in [-0.05, 0) is 68.8 Å². The van der Waals surface area contributed by atoms with Crippen molar-refractivity contribution in [3.05, 3.63) is 34.9 Å². The van der Waals surface area contributed by atoms with Crippen LogP contribution >= 0.6 is 0 Å². The molecule has 0 aliphatic carbocycles. The summed E-state index contributed by atoms with van der Waals surface area (Å²) < 4.78 is 38.4. The second-order valence-corrected chi connectivity index (χ2v) is 7.15. The first-order valence-corrected chi connectivity index (χ1v) is 9.04. The average Bonchev–Trinajstić information content (AvgIpc) is 2.61. The topological polar surface area (TPSA) is 32.3 Å². The minimum Gasteiger partial charge on any atom is -0.339 e. The van der Waals surface area contributed by atoms with Crippen molar-refractivity contribution in [1.29, 1.82) is 0 Å². The number of benzene rings is 1. The lowest BCUT2D eigenvalue weighted by molar-refractivity contribution is -0.183. The van der Waals surface area contributed by atoms with Crippen LogP contribution in [0.2, 0.25) is 0 Å². The van der Waals surface area contributed by atoms with Gasteiger partial charge in [-0.1, -0.05) is 12.1 Å². The minimum absolute atomic E-state index is 0.00225. The summed E-state index contributed by atoms with van der Waals surface area (Å²) >= 11 is 0. The molecule has 0 unspecified atom stereocenters. The van der Waals surface area contributed by atoms with Crippen LogP contribution in [0.1, 0.15) is 53.1 Å². The second kappa shape index (κ2) is 7.36. The molecule has 25 heavy (non-hydrogen) atoms. The first kappa shape index (κ1) is 18.2. The van der Waals surface area contributed by atoms with E-state index in [-0.39, 0.29) is 31.8 Å². The Bertz CT molecular complexity index is 616. The highest BCUT2D eigenvalue weighted by Gasteiger charge is 2.41. The van der Waals surface area contributed by atoms with E-state index in [9.17, 15) is 18.0 Å². The van der Waals surface area contributed by atoms with E-state index in [1.165, 1.54) is 5.56 Å². The normalized spacial score (nSPS) is 20.7. The van der Waals surface area contributed by atoms with Gasteiger partial charge in [0.25, 0.3) is 5.91 Å². The predicted octanol–water partition coefficient (Wildman–Crippen LogP) is 3.88. The van der Waals surface area contributed by atoms with Crippen LogP contribution in [0.5, 0.6) is 0 Å². The molecule has 1 aromatic rings. The Kier molecular flexibility index (Phi) is 5.37. The maximum absolute atomic E-state index is 12.8. The first-order valence-electron chi connectivity index (χ1n) is 9.04. The number of hydrogen-bond donors (Lipinski definition) is 1. The lowest BCUT2D eigenvalue weighted by atomic mass is 9.85. The van der Waals surface area contributed by atoms with Gasteiger partial charge >= 0.3 is 6.18 Å². The Hall–Kier alpha value is -1.56. The lowest BCUT2D eigenvalue weighted by Gasteiger charge is -2.33. The third kappa shape index (κ3) is 4.00. The molecule has 0 atom stereocenters. The van der Waals surface area contributed by atoms with Gasteiger partial charge in [0, 0.05) is 18.7 Å². The van der Waals surface area contributed by atoms with Gasteiger partial charge in [0.1, 0.15) is 0 Å². The van der Waals surface area contributed by atoms with E-state index in [2.05, 4.69) is 11.4 Å². The number of halogens is 3. The SMILES string of the molecule is Cc1c(C(=O)N2CCC(C(F)(F)F)CC2)cccc1C1CCNCC1. The number of amides is 1. The van der Waals surface area contributed by atoms with E-state index in [1.54, 1.807) is 11.0 Å². The van der Waals surface area contributed by atoms with Gasteiger partial charge in [-0.2, -0.15) is 13.2 Å². The molecule has 0 aromatic heterocycles. The Morgan fingerprint density at radius 3 is 2.36 bits per heavy atom. The zero-order chi connectivity index (χ0) is 18.0. The molecule has 6 heteroatoms. The molecule has 2 aliphatic rings. The fourth-order valence-electron chi connectivity index (χ4n) is 4.04. The molecule has 3 rings (SSSR count). The molecule has 2 heterocycles. The zero-order valence-corrected chi connectivity index (χ0v) is 14.5. The zero-order valence-electron chi connectivity index (χ0n) is 14.5. The highest BCUT2D eigenvalue weighted by Crippen LogP contribution is 2.35. The van der Waals surface area contributed by atoms with E-state index >= 15 is 0 Å². The summed E-state index contributed by atoms with van der Waals surface area (Å²) in [6.07, 6.45) is -2.05. The van der Waals surface area contributed by atoms with E-state index in [1.807, 2.05) is 13.0 Å². The van der Waals surface area contributed by atoms with Crippen molar-refractivity contribution in [1.82, 2.24) is 10.2 Å². The molecule has 0 saturated carbocycles. The molecule has 0 bridgehead atoms. The Morgan fingerprint density at radius 2 is 1.76 bits per heavy atom. The van der Waals surface area contributed by atoms with Crippen molar-refractivity contribution in [3.8, 4) is 0 Å². The molecule has 2 fully saturated rings. The van der Waals surface area contributed by atoms with Crippen molar-refractivity contribution in [2.24, 2.45) is 5.92 Å². The molecule has 138 valence electrons. The fourth-order valence-corrected chi connectivity index (χ4v) is 4.04. The molecule has 0 spiro atoms. The van der Waals surface area contributed by atoms with Crippen molar-refractivity contribution < 1.29 is 18.0 Å². The number of nitrogens with zero attached hydrogens (tertiary/aromatic N) is 1. The number of piperidine rings is 2. The molecule has 2 saturated heterocycles. The Morgan fingerprint density at radius 1 is 1.12 bits per heavy atom. The second-order valence-electron chi connectivity index (χ2n) is 7.15. The summed E-state index contributed by atoms with van der Waals surface area (Å²) in [6, 6.07) is 5.79. The fraction of sp³-hybridized carbons (Fsp3) is 0.632.